The summed E-state index contributed by atoms with van der Waals surface area (Å²) in [5.41, 5.74) is 1.04. The van der Waals surface area contributed by atoms with Crippen LogP contribution in [0.4, 0.5) is 5.95 Å². The van der Waals surface area contributed by atoms with E-state index in [4.69, 9.17) is 9.72 Å². The number of hydrogen-bond acceptors (Lipinski definition) is 6. The van der Waals surface area contributed by atoms with Crippen molar-refractivity contribution in [1.29, 1.82) is 0 Å². The molecule has 3 saturated heterocycles. The second-order valence-corrected chi connectivity index (χ2v) is 6.66. The van der Waals surface area contributed by atoms with Gasteiger partial charge >= 0.3 is 0 Å². The quantitative estimate of drug-likeness (QED) is 0.789. The summed E-state index contributed by atoms with van der Waals surface area (Å²) in [6.45, 7) is 4.79. The molecular weight excluding hydrogens is 294 g/mol. The monoisotopic (exact) mass is 317 g/mol. The molecule has 7 nitrogen and oxygen atoms in total. The topological polar surface area (TPSA) is 61.8 Å². The zero-order valence-corrected chi connectivity index (χ0v) is 13.5. The van der Waals surface area contributed by atoms with Gasteiger partial charge in [-0.1, -0.05) is 0 Å². The Bertz CT molecular complexity index is 590. The van der Waals surface area contributed by atoms with Gasteiger partial charge in [-0.15, -0.1) is 0 Å². The predicted molar refractivity (Wildman–Crippen MR) is 85.1 cm³/mol. The van der Waals surface area contributed by atoms with Crippen molar-refractivity contribution in [1.82, 2.24) is 19.8 Å². The third kappa shape index (κ3) is 2.90. The highest BCUT2D eigenvalue weighted by Crippen LogP contribution is 2.24. The maximum atomic E-state index is 11.7. The van der Waals surface area contributed by atoms with Gasteiger partial charge in [0.1, 0.15) is 6.61 Å². The van der Waals surface area contributed by atoms with Gasteiger partial charge in [-0.3, -0.25) is 9.69 Å². The molecule has 0 aromatic carbocycles. The number of morpholine rings is 1. The maximum Gasteiger partial charge on any atom is 0.248 e. The Labute approximate surface area is 136 Å². The van der Waals surface area contributed by atoms with Crippen LogP contribution in [0, 0.1) is 0 Å². The van der Waals surface area contributed by atoms with Gasteiger partial charge in [0, 0.05) is 46.0 Å². The lowest BCUT2D eigenvalue weighted by Crippen LogP contribution is -2.51. The normalized spacial score (nSPS) is 28.5. The number of aromatic nitrogens is 2. The number of carbonyl (C=O) groups is 1. The predicted octanol–water partition coefficient (Wildman–Crippen LogP) is 0.118. The van der Waals surface area contributed by atoms with Crippen LogP contribution in [0.2, 0.25) is 0 Å². The van der Waals surface area contributed by atoms with E-state index in [9.17, 15) is 4.79 Å². The van der Waals surface area contributed by atoms with Gasteiger partial charge in [-0.2, -0.15) is 0 Å². The van der Waals surface area contributed by atoms with Crippen LogP contribution in [0.25, 0.3) is 0 Å². The lowest BCUT2D eigenvalue weighted by atomic mass is 10.1. The third-order valence-corrected chi connectivity index (χ3v) is 5.10. The standard InChI is InChI=1S/C16H23N5O2/c1-19-13-9-20(10-14(13)23-11-15(19)22)8-12-4-5-17-16(18-12)21-6-2-3-7-21/h4-5,13-14H,2-3,6-11H2,1H3/t13-,14-/m0/s1. The van der Waals surface area contributed by atoms with Crippen molar-refractivity contribution >= 4 is 11.9 Å². The van der Waals surface area contributed by atoms with Crippen LogP contribution in [0.15, 0.2) is 12.3 Å². The molecular formula is C16H23N5O2. The third-order valence-electron chi connectivity index (χ3n) is 5.10. The van der Waals surface area contributed by atoms with E-state index in [2.05, 4.69) is 14.8 Å². The summed E-state index contributed by atoms with van der Waals surface area (Å²) in [6.07, 6.45) is 4.42. The van der Waals surface area contributed by atoms with E-state index in [1.165, 1.54) is 12.8 Å². The molecule has 4 rings (SSSR count). The van der Waals surface area contributed by atoms with Crippen molar-refractivity contribution in [3.8, 4) is 0 Å². The van der Waals surface area contributed by atoms with Crippen LogP contribution in [0.5, 0.6) is 0 Å². The first-order valence-electron chi connectivity index (χ1n) is 8.37. The van der Waals surface area contributed by atoms with Crippen LogP contribution in [-0.2, 0) is 16.1 Å². The summed E-state index contributed by atoms with van der Waals surface area (Å²) in [5.74, 6) is 0.923. The second kappa shape index (κ2) is 6.05. The molecule has 0 spiro atoms. The molecule has 7 heteroatoms. The van der Waals surface area contributed by atoms with Gasteiger partial charge in [0.2, 0.25) is 11.9 Å². The molecule has 3 fully saturated rings. The highest BCUT2D eigenvalue weighted by Gasteiger charge is 2.41. The average Bonchev–Trinajstić information content (AvgIpc) is 3.21. The van der Waals surface area contributed by atoms with Crippen LogP contribution in [-0.4, -0.2) is 77.7 Å². The summed E-state index contributed by atoms with van der Waals surface area (Å²) in [5, 5.41) is 0. The van der Waals surface area contributed by atoms with Crippen LogP contribution < -0.4 is 4.90 Å². The molecule has 0 N–H and O–H groups in total. The van der Waals surface area contributed by atoms with Gasteiger partial charge in [0.15, 0.2) is 0 Å². The summed E-state index contributed by atoms with van der Waals surface area (Å²) in [4.78, 5) is 27.3. The molecule has 4 heterocycles. The number of carbonyl (C=O) groups excluding carboxylic acids is 1. The zero-order chi connectivity index (χ0) is 15.8. The molecule has 0 aliphatic carbocycles. The second-order valence-electron chi connectivity index (χ2n) is 6.66. The van der Waals surface area contributed by atoms with E-state index >= 15 is 0 Å². The smallest absolute Gasteiger partial charge is 0.248 e. The number of hydrogen-bond donors (Lipinski definition) is 0. The number of likely N-dealkylation sites (tertiary alicyclic amines) is 1. The van der Waals surface area contributed by atoms with Gasteiger partial charge in [-0.05, 0) is 18.9 Å². The zero-order valence-electron chi connectivity index (χ0n) is 13.5. The Morgan fingerprint density at radius 3 is 2.96 bits per heavy atom. The molecule has 3 aliphatic rings. The molecule has 1 aromatic heterocycles. The molecule has 2 atom stereocenters. The first-order chi connectivity index (χ1) is 11.2. The maximum absolute atomic E-state index is 11.7. The van der Waals surface area contributed by atoms with E-state index < -0.39 is 0 Å². The molecule has 3 aliphatic heterocycles. The van der Waals surface area contributed by atoms with Crippen molar-refractivity contribution in [2.45, 2.75) is 31.5 Å². The summed E-state index contributed by atoms with van der Waals surface area (Å²) >= 11 is 0. The summed E-state index contributed by atoms with van der Waals surface area (Å²) in [7, 11) is 1.88. The van der Waals surface area contributed by atoms with Gasteiger partial charge in [-0.25, -0.2) is 9.97 Å². The van der Waals surface area contributed by atoms with Crippen LogP contribution >= 0.6 is 0 Å². The fourth-order valence-corrected chi connectivity index (χ4v) is 3.73. The number of likely N-dealkylation sites (N-methyl/N-ethyl adjacent to an activating group) is 1. The van der Waals surface area contributed by atoms with E-state index in [0.717, 1.165) is 44.4 Å². The first kappa shape index (κ1) is 14.8. The molecule has 23 heavy (non-hydrogen) atoms. The number of rotatable bonds is 3. The van der Waals surface area contributed by atoms with Gasteiger partial charge in [0.25, 0.3) is 0 Å². The van der Waals surface area contributed by atoms with Gasteiger partial charge < -0.3 is 14.5 Å². The molecule has 0 saturated carbocycles. The SMILES string of the molecule is CN1C(=O)CO[C@H]2CN(Cc3ccnc(N4CCCC4)n3)C[C@@H]21. The summed E-state index contributed by atoms with van der Waals surface area (Å²) in [6, 6.07) is 2.15. The highest BCUT2D eigenvalue weighted by atomic mass is 16.5. The van der Waals surface area contributed by atoms with E-state index in [0.29, 0.717) is 0 Å². The van der Waals surface area contributed by atoms with Crippen molar-refractivity contribution in [3.63, 3.8) is 0 Å². The molecule has 0 bridgehead atoms. The lowest BCUT2D eigenvalue weighted by molar-refractivity contribution is -0.150. The van der Waals surface area contributed by atoms with Gasteiger partial charge in [0.05, 0.1) is 17.8 Å². The largest absolute Gasteiger partial charge is 0.365 e. The number of nitrogens with zero attached hydrogens (tertiary/aromatic N) is 5. The number of ether oxygens (including phenoxy) is 1. The summed E-state index contributed by atoms with van der Waals surface area (Å²) < 4.78 is 5.68. The Balaban J connectivity index is 1.43. The Morgan fingerprint density at radius 1 is 1.30 bits per heavy atom. The van der Waals surface area contributed by atoms with E-state index in [1.807, 2.05) is 24.2 Å². The van der Waals surface area contributed by atoms with Crippen LogP contribution in [0.3, 0.4) is 0 Å². The van der Waals surface area contributed by atoms with Crippen molar-refractivity contribution < 1.29 is 9.53 Å². The highest BCUT2D eigenvalue weighted by molar-refractivity contribution is 5.78. The fraction of sp³-hybridized carbons (Fsp3) is 0.688. The molecule has 0 unspecified atom stereocenters. The van der Waals surface area contributed by atoms with E-state index in [-0.39, 0.29) is 24.7 Å². The molecule has 0 radical (unpaired) electrons. The minimum absolute atomic E-state index is 0.0754. The van der Waals surface area contributed by atoms with Crippen molar-refractivity contribution in [2.75, 3.05) is 44.7 Å². The minimum atomic E-state index is 0.0754. The Morgan fingerprint density at radius 2 is 2.13 bits per heavy atom. The van der Waals surface area contributed by atoms with Crippen molar-refractivity contribution in [3.05, 3.63) is 18.0 Å². The number of amides is 1. The molecule has 1 aromatic rings. The number of fused-ring (bicyclic) bond motifs is 1. The van der Waals surface area contributed by atoms with Crippen LogP contribution in [0.1, 0.15) is 18.5 Å². The molecule has 124 valence electrons. The lowest BCUT2D eigenvalue weighted by Gasteiger charge is -2.33. The van der Waals surface area contributed by atoms with Crippen molar-refractivity contribution in [2.24, 2.45) is 0 Å². The minimum Gasteiger partial charge on any atom is -0.365 e. The van der Waals surface area contributed by atoms with E-state index in [1.54, 1.807) is 0 Å². The fourth-order valence-electron chi connectivity index (χ4n) is 3.73. The number of anilines is 1. The Hall–Kier alpha value is -1.73. The average molecular weight is 317 g/mol. The molecule has 1 amide bonds. The Kier molecular flexibility index (Phi) is 3.90. The first-order valence-corrected chi connectivity index (χ1v) is 8.37.